The van der Waals surface area contributed by atoms with E-state index in [2.05, 4.69) is 5.43 Å². The SMILES string of the molecule is CC1=CC(c2ccccc2)N(C(=O)NS(=O)(=O)c2ccccc2S(C)(=O)=O)N1. The summed E-state index contributed by atoms with van der Waals surface area (Å²) >= 11 is 0. The molecule has 1 heterocycles. The fourth-order valence-electron chi connectivity index (χ4n) is 2.88. The number of hydrazine groups is 1. The van der Waals surface area contributed by atoms with Gasteiger partial charge in [-0.1, -0.05) is 42.5 Å². The molecule has 2 amide bonds. The molecule has 10 heteroatoms. The number of rotatable bonds is 4. The van der Waals surface area contributed by atoms with Crippen molar-refractivity contribution in [1.29, 1.82) is 0 Å². The number of allylic oxidation sites excluding steroid dienone is 1. The van der Waals surface area contributed by atoms with Gasteiger partial charge >= 0.3 is 6.03 Å². The molecule has 28 heavy (non-hydrogen) atoms. The number of amides is 2. The van der Waals surface area contributed by atoms with Crippen LogP contribution in [0.2, 0.25) is 0 Å². The van der Waals surface area contributed by atoms with Gasteiger partial charge in [-0.05, 0) is 30.7 Å². The summed E-state index contributed by atoms with van der Waals surface area (Å²) in [6, 6.07) is 12.8. The Morgan fingerprint density at radius 3 is 2.14 bits per heavy atom. The molecule has 2 aromatic rings. The number of sulfone groups is 1. The number of nitrogens with zero attached hydrogens (tertiary/aromatic N) is 1. The molecule has 1 aliphatic rings. The molecule has 148 valence electrons. The topological polar surface area (TPSA) is 113 Å². The van der Waals surface area contributed by atoms with Crippen molar-refractivity contribution in [3.63, 3.8) is 0 Å². The van der Waals surface area contributed by atoms with Crippen molar-refractivity contribution in [1.82, 2.24) is 15.2 Å². The lowest BCUT2D eigenvalue weighted by Crippen LogP contribution is -2.47. The fraction of sp³-hybridized carbons (Fsp3) is 0.167. The van der Waals surface area contributed by atoms with Crippen LogP contribution < -0.4 is 10.1 Å². The number of nitrogens with one attached hydrogen (secondary N) is 2. The molecule has 8 nitrogen and oxygen atoms in total. The number of hydrogen-bond acceptors (Lipinski definition) is 6. The molecule has 3 rings (SSSR count). The number of carbonyl (C=O) groups excluding carboxylic acids is 1. The first kappa shape index (κ1) is 19.9. The third-order valence-corrected chi connectivity index (χ3v) is 6.77. The monoisotopic (exact) mass is 421 g/mol. The van der Waals surface area contributed by atoms with Gasteiger partial charge in [-0.3, -0.25) is 5.43 Å². The molecule has 1 aliphatic heterocycles. The highest BCUT2D eigenvalue weighted by Crippen LogP contribution is 2.27. The zero-order chi connectivity index (χ0) is 20.5. The Morgan fingerprint density at radius 2 is 1.54 bits per heavy atom. The second kappa shape index (κ2) is 7.28. The summed E-state index contributed by atoms with van der Waals surface area (Å²) in [6.45, 7) is 1.75. The van der Waals surface area contributed by atoms with Crippen LogP contribution in [0.25, 0.3) is 0 Å². The second-order valence-electron chi connectivity index (χ2n) is 6.32. The Labute approximate surface area is 163 Å². The van der Waals surface area contributed by atoms with Crippen LogP contribution in [0.15, 0.2) is 76.2 Å². The maximum Gasteiger partial charge on any atom is 0.350 e. The maximum atomic E-state index is 12.7. The van der Waals surface area contributed by atoms with Gasteiger partial charge in [0, 0.05) is 12.0 Å². The molecule has 0 saturated heterocycles. The first-order valence-corrected chi connectivity index (χ1v) is 11.6. The molecule has 0 aliphatic carbocycles. The van der Waals surface area contributed by atoms with Crippen molar-refractivity contribution >= 4 is 25.9 Å². The smallest absolute Gasteiger partial charge is 0.298 e. The van der Waals surface area contributed by atoms with Crippen LogP contribution in [-0.4, -0.2) is 34.1 Å². The zero-order valence-corrected chi connectivity index (χ0v) is 16.8. The number of carbonyl (C=O) groups is 1. The van der Waals surface area contributed by atoms with E-state index in [-0.39, 0.29) is 4.90 Å². The predicted molar refractivity (Wildman–Crippen MR) is 103 cm³/mol. The molecule has 0 bridgehead atoms. The van der Waals surface area contributed by atoms with Gasteiger partial charge < -0.3 is 0 Å². The number of sulfonamides is 1. The largest absolute Gasteiger partial charge is 0.350 e. The Bertz CT molecular complexity index is 1140. The van der Waals surface area contributed by atoms with Crippen LogP contribution >= 0.6 is 0 Å². The Morgan fingerprint density at radius 1 is 0.964 bits per heavy atom. The van der Waals surface area contributed by atoms with Gasteiger partial charge in [-0.25, -0.2) is 31.4 Å². The Kier molecular flexibility index (Phi) is 5.18. The van der Waals surface area contributed by atoms with Gasteiger partial charge in [0.05, 0.1) is 4.90 Å². The van der Waals surface area contributed by atoms with Crippen molar-refractivity contribution in [3.05, 3.63) is 71.9 Å². The van der Waals surface area contributed by atoms with Crippen LogP contribution in [0.4, 0.5) is 4.79 Å². The maximum absolute atomic E-state index is 12.7. The van der Waals surface area contributed by atoms with E-state index in [4.69, 9.17) is 0 Å². The summed E-state index contributed by atoms with van der Waals surface area (Å²) in [7, 11) is -8.22. The lowest BCUT2D eigenvalue weighted by Gasteiger charge is -2.25. The van der Waals surface area contributed by atoms with Crippen molar-refractivity contribution < 1.29 is 21.6 Å². The standard InChI is InChI=1S/C18H19N3O5S2/c1-13-12-15(14-8-4-3-5-9-14)21(19-13)18(22)20-28(25,26)17-11-7-6-10-16(17)27(2,23)24/h3-12,15,19H,1-2H3,(H,20,22). The molecule has 0 fully saturated rings. The molecular formula is C18H19N3O5S2. The van der Waals surface area contributed by atoms with Gasteiger partial charge in [0.25, 0.3) is 10.0 Å². The normalized spacial score (nSPS) is 17.0. The lowest BCUT2D eigenvalue weighted by molar-refractivity contribution is 0.179. The van der Waals surface area contributed by atoms with Crippen LogP contribution in [-0.2, 0) is 19.9 Å². The zero-order valence-electron chi connectivity index (χ0n) is 15.2. The van der Waals surface area contributed by atoms with E-state index in [0.717, 1.165) is 22.9 Å². The lowest BCUT2D eigenvalue weighted by atomic mass is 10.1. The predicted octanol–water partition coefficient (Wildman–Crippen LogP) is 1.95. The third kappa shape index (κ3) is 4.02. The highest BCUT2D eigenvalue weighted by Gasteiger charge is 2.33. The molecular weight excluding hydrogens is 402 g/mol. The first-order chi connectivity index (χ1) is 13.1. The fourth-order valence-corrected chi connectivity index (χ4v) is 5.45. The Balaban J connectivity index is 1.91. The average molecular weight is 422 g/mol. The van der Waals surface area contributed by atoms with Crippen LogP contribution in [0.3, 0.4) is 0 Å². The third-order valence-electron chi connectivity index (χ3n) is 4.10. The van der Waals surface area contributed by atoms with E-state index in [1.165, 1.54) is 18.2 Å². The van der Waals surface area contributed by atoms with Crippen molar-refractivity contribution in [3.8, 4) is 0 Å². The van der Waals surface area contributed by atoms with E-state index >= 15 is 0 Å². The molecule has 0 radical (unpaired) electrons. The summed E-state index contributed by atoms with van der Waals surface area (Å²) in [6.07, 6.45) is 2.69. The van der Waals surface area contributed by atoms with Gasteiger partial charge in [-0.2, -0.15) is 0 Å². The summed E-state index contributed by atoms with van der Waals surface area (Å²) in [4.78, 5) is 11.9. The Hall–Kier alpha value is -2.85. The molecule has 0 aromatic heterocycles. The van der Waals surface area contributed by atoms with Gasteiger partial charge in [0.2, 0.25) is 0 Å². The minimum atomic E-state index is -4.42. The van der Waals surface area contributed by atoms with Crippen molar-refractivity contribution in [2.45, 2.75) is 22.8 Å². The molecule has 0 saturated carbocycles. The van der Waals surface area contributed by atoms with Crippen molar-refractivity contribution in [2.24, 2.45) is 0 Å². The van der Waals surface area contributed by atoms with Crippen LogP contribution in [0, 0.1) is 0 Å². The first-order valence-electron chi connectivity index (χ1n) is 8.25. The summed E-state index contributed by atoms with van der Waals surface area (Å²) < 4.78 is 51.2. The number of hydrogen-bond donors (Lipinski definition) is 2. The molecule has 2 N–H and O–H groups in total. The highest BCUT2D eigenvalue weighted by molar-refractivity contribution is 7.93. The summed E-state index contributed by atoms with van der Waals surface area (Å²) in [5.41, 5.74) is 4.29. The summed E-state index contributed by atoms with van der Waals surface area (Å²) in [5.74, 6) is 0. The molecule has 1 atom stereocenters. The van der Waals surface area contributed by atoms with Gasteiger partial charge in [0.15, 0.2) is 9.84 Å². The summed E-state index contributed by atoms with van der Waals surface area (Å²) in [5, 5.41) is 1.14. The number of benzene rings is 2. The van der Waals surface area contributed by atoms with E-state index in [1.807, 2.05) is 35.1 Å². The molecule has 2 aromatic carbocycles. The van der Waals surface area contributed by atoms with Crippen LogP contribution in [0.1, 0.15) is 18.5 Å². The molecule has 1 unspecified atom stereocenters. The van der Waals surface area contributed by atoms with E-state index < -0.39 is 36.8 Å². The molecule has 0 spiro atoms. The van der Waals surface area contributed by atoms with E-state index in [0.29, 0.717) is 5.70 Å². The van der Waals surface area contributed by atoms with Gasteiger partial charge in [-0.15, -0.1) is 0 Å². The van der Waals surface area contributed by atoms with E-state index in [9.17, 15) is 21.6 Å². The minimum absolute atomic E-state index is 0.376. The average Bonchev–Trinajstić information content (AvgIpc) is 3.03. The highest BCUT2D eigenvalue weighted by atomic mass is 32.2. The van der Waals surface area contributed by atoms with Crippen molar-refractivity contribution in [2.75, 3.05) is 6.26 Å². The van der Waals surface area contributed by atoms with E-state index in [1.54, 1.807) is 13.0 Å². The number of urea groups is 1. The second-order valence-corrected chi connectivity index (χ2v) is 9.95. The van der Waals surface area contributed by atoms with Gasteiger partial charge in [0.1, 0.15) is 10.9 Å². The van der Waals surface area contributed by atoms with Crippen LogP contribution in [0.5, 0.6) is 0 Å². The minimum Gasteiger partial charge on any atom is -0.298 e. The quantitative estimate of drug-likeness (QED) is 0.780.